The highest BCUT2D eigenvalue weighted by Crippen LogP contribution is 2.33. The van der Waals surface area contributed by atoms with Crippen LogP contribution in [0.5, 0.6) is 5.75 Å². The molecule has 0 radical (unpaired) electrons. The van der Waals surface area contributed by atoms with E-state index in [-0.39, 0.29) is 0 Å². The summed E-state index contributed by atoms with van der Waals surface area (Å²) in [5, 5.41) is 8.45. The van der Waals surface area contributed by atoms with E-state index in [0.717, 1.165) is 45.3 Å². The molecule has 7 nitrogen and oxygen atoms in total. The van der Waals surface area contributed by atoms with Crippen LogP contribution in [0.15, 0.2) is 67.0 Å². The van der Waals surface area contributed by atoms with E-state index in [2.05, 4.69) is 26.0 Å². The van der Waals surface area contributed by atoms with Gasteiger partial charge in [0, 0.05) is 29.4 Å². The number of aromatic nitrogens is 5. The van der Waals surface area contributed by atoms with E-state index in [1.807, 2.05) is 68.6 Å². The van der Waals surface area contributed by atoms with Crippen LogP contribution in [0.1, 0.15) is 5.82 Å². The average molecular weight is 445 g/mol. The van der Waals surface area contributed by atoms with Crippen LogP contribution in [0.4, 0.5) is 11.4 Å². The summed E-state index contributed by atoms with van der Waals surface area (Å²) >= 11 is 6.20. The molecule has 8 heteroatoms. The van der Waals surface area contributed by atoms with Crippen molar-refractivity contribution < 1.29 is 4.74 Å². The topological polar surface area (TPSA) is 69.8 Å². The van der Waals surface area contributed by atoms with Crippen molar-refractivity contribution in [2.75, 3.05) is 12.4 Å². The molecular formula is C24H21ClN6O. The first-order chi connectivity index (χ1) is 15.5. The van der Waals surface area contributed by atoms with Crippen LogP contribution in [-0.2, 0) is 7.05 Å². The Morgan fingerprint density at radius 3 is 2.62 bits per heavy atom. The third-order valence-corrected chi connectivity index (χ3v) is 5.63. The lowest BCUT2D eigenvalue weighted by atomic mass is 10.2. The molecule has 5 rings (SSSR count). The molecule has 0 bridgehead atoms. The summed E-state index contributed by atoms with van der Waals surface area (Å²) in [5.41, 5.74) is 5.47. The molecule has 0 amide bonds. The van der Waals surface area contributed by atoms with E-state index < -0.39 is 0 Å². The molecule has 0 saturated carbocycles. The quantitative estimate of drug-likeness (QED) is 0.385. The van der Waals surface area contributed by atoms with Gasteiger partial charge in [-0.1, -0.05) is 29.8 Å². The third kappa shape index (κ3) is 3.46. The van der Waals surface area contributed by atoms with Gasteiger partial charge in [-0.15, -0.1) is 0 Å². The van der Waals surface area contributed by atoms with E-state index in [0.29, 0.717) is 10.8 Å². The zero-order valence-corrected chi connectivity index (χ0v) is 18.6. The first-order valence-electron chi connectivity index (χ1n) is 10.1. The number of ether oxygens (including phenoxy) is 1. The molecule has 160 valence electrons. The van der Waals surface area contributed by atoms with Crippen LogP contribution in [0.2, 0.25) is 5.02 Å². The van der Waals surface area contributed by atoms with Crippen molar-refractivity contribution in [1.82, 2.24) is 24.3 Å². The molecule has 0 aliphatic carbocycles. The Morgan fingerprint density at radius 2 is 1.88 bits per heavy atom. The summed E-state index contributed by atoms with van der Waals surface area (Å²) in [6, 6.07) is 19.7. The van der Waals surface area contributed by atoms with Gasteiger partial charge in [-0.25, -0.2) is 14.6 Å². The van der Waals surface area contributed by atoms with Crippen molar-refractivity contribution in [1.29, 1.82) is 0 Å². The standard InChI is InChI=1S/C24H21ClN6O/c1-15-26-14-27-31(15)20-11-10-18(13-22(20)32-3)28-19-8-5-9-21-23(19)29-24(30(21)2)16-6-4-7-17(25)12-16/h4-14,28H,1-3H3. The highest BCUT2D eigenvalue weighted by Gasteiger charge is 2.15. The number of nitrogens with one attached hydrogen (secondary N) is 1. The Balaban J connectivity index is 1.55. The molecule has 0 atom stereocenters. The minimum atomic E-state index is 0.683. The number of nitrogens with zero attached hydrogens (tertiary/aromatic N) is 5. The summed E-state index contributed by atoms with van der Waals surface area (Å²) in [4.78, 5) is 9.12. The maximum atomic E-state index is 6.20. The van der Waals surface area contributed by atoms with Gasteiger partial charge in [-0.3, -0.25) is 0 Å². The van der Waals surface area contributed by atoms with Gasteiger partial charge >= 0.3 is 0 Å². The normalized spacial score (nSPS) is 11.1. The number of benzene rings is 3. The predicted molar refractivity (Wildman–Crippen MR) is 127 cm³/mol. The van der Waals surface area contributed by atoms with Gasteiger partial charge in [-0.05, 0) is 43.3 Å². The number of hydrogen-bond acceptors (Lipinski definition) is 5. The fourth-order valence-corrected chi connectivity index (χ4v) is 4.01. The molecule has 0 spiro atoms. The number of hydrogen-bond donors (Lipinski definition) is 1. The van der Waals surface area contributed by atoms with Gasteiger partial charge in [0.25, 0.3) is 0 Å². The number of imidazole rings is 1. The van der Waals surface area contributed by atoms with E-state index >= 15 is 0 Å². The Morgan fingerprint density at radius 1 is 1.03 bits per heavy atom. The molecule has 0 aliphatic heterocycles. The third-order valence-electron chi connectivity index (χ3n) is 5.40. The lowest BCUT2D eigenvalue weighted by Crippen LogP contribution is -2.03. The van der Waals surface area contributed by atoms with Gasteiger partial charge in [-0.2, -0.15) is 5.10 Å². The maximum Gasteiger partial charge on any atom is 0.146 e. The fraction of sp³-hybridized carbons (Fsp3) is 0.125. The van der Waals surface area contributed by atoms with E-state index in [4.69, 9.17) is 21.3 Å². The minimum absolute atomic E-state index is 0.683. The smallest absolute Gasteiger partial charge is 0.146 e. The summed E-state index contributed by atoms with van der Waals surface area (Å²) in [7, 11) is 3.65. The summed E-state index contributed by atoms with van der Waals surface area (Å²) in [5.74, 6) is 2.33. The lowest BCUT2D eigenvalue weighted by Gasteiger charge is -2.13. The van der Waals surface area contributed by atoms with Crippen LogP contribution in [0, 0.1) is 6.92 Å². The second-order valence-corrected chi connectivity index (χ2v) is 7.85. The highest BCUT2D eigenvalue weighted by atomic mass is 35.5. The van der Waals surface area contributed by atoms with Crippen molar-refractivity contribution in [2.24, 2.45) is 7.05 Å². The number of methoxy groups -OCH3 is 1. The van der Waals surface area contributed by atoms with Crippen molar-refractivity contribution in [3.05, 3.63) is 77.8 Å². The largest absolute Gasteiger partial charge is 0.494 e. The fourth-order valence-electron chi connectivity index (χ4n) is 3.82. The lowest BCUT2D eigenvalue weighted by molar-refractivity contribution is 0.411. The molecule has 0 aliphatic rings. The van der Waals surface area contributed by atoms with E-state index in [9.17, 15) is 0 Å². The molecule has 5 aromatic rings. The first kappa shape index (κ1) is 20.1. The van der Waals surface area contributed by atoms with Crippen molar-refractivity contribution in [3.8, 4) is 22.8 Å². The molecule has 0 unspecified atom stereocenters. The molecule has 0 saturated heterocycles. The molecule has 32 heavy (non-hydrogen) atoms. The van der Waals surface area contributed by atoms with Crippen LogP contribution >= 0.6 is 11.6 Å². The van der Waals surface area contributed by atoms with Crippen molar-refractivity contribution >= 4 is 34.0 Å². The number of rotatable bonds is 5. The maximum absolute atomic E-state index is 6.20. The Kier molecular flexibility index (Phi) is 5.03. The second kappa shape index (κ2) is 8.01. The van der Waals surface area contributed by atoms with Gasteiger partial charge in [0.2, 0.25) is 0 Å². The molecule has 2 aromatic heterocycles. The zero-order valence-electron chi connectivity index (χ0n) is 17.9. The number of para-hydroxylation sites is 1. The van der Waals surface area contributed by atoms with E-state index in [1.54, 1.807) is 11.8 Å². The number of fused-ring (bicyclic) bond motifs is 1. The number of aryl methyl sites for hydroxylation is 2. The number of halogens is 1. The Bertz CT molecular complexity index is 1440. The van der Waals surface area contributed by atoms with Crippen LogP contribution in [0.3, 0.4) is 0 Å². The molecule has 0 fully saturated rings. The van der Waals surface area contributed by atoms with Crippen LogP contribution < -0.4 is 10.1 Å². The Labute approximate surface area is 190 Å². The summed E-state index contributed by atoms with van der Waals surface area (Å²) in [6.07, 6.45) is 1.53. The van der Waals surface area contributed by atoms with Gasteiger partial charge < -0.3 is 14.6 Å². The summed E-state index contributed by atoms with van der Waals surface area (Å²) < 4.78 is 9.44. The summed E-state index contributed by atoms with van der Waals surface area (Å²) in [6.45, 7) is 1.90. The SMILES string of the molecule is COc1cc(Nc2cccc3c2nc(-c2cccc(Cl)c2)n3C)ccc1-n1ncnc1C. The zero-order chi connectivity index (χ0) is 22.2. The van der Waals surface area contributed by atoms with Gasteiger partial charge in [0.1, 0.15) is 34.9 Å². The predicted octanol–water partition coefficient (Wildman–Crippen LogP) is 5.54. The van der Waals surface area contributed by atoms with Gasteiger partial charge in [0.05, 0.1) is 18.3 Å². The average Bonchev–Trinajstić information content (AvgIpc) is 3.37. The van der Waals surface area contributed by atoms with Crippen molar-refractivity contribution in [3.63, 3.8) is 0 Å². The van der Waals surface area contributed by atoms with Crippen LogP contribution in [-0.4, -0.2) is 31.4 Å². The Hall–Kier alpha value is -3.84. The molecule has 2 heterocycles. The monoisotopic (exact) mass is 444 g/mol. The minimum Gasteiger partial charge on any atom is -0.494 e. The molecule has 3 aromatic carbocycles. The highest BCUT2D eigenvalue weighted by molar-refractivity contribution is 6.30. The molecular weight excluding hydrogens is 424 g/mol. The first-order valence-corrected chi connectivity index (χ1v) is 10.5. The number of anilines is 2. The van der Waals surface area contributed by atoms with Crippen molar-refractivity contribution in [2.45, 2.75) is 6.92 Å². The van der Waals surface area contributed by atoms with Gasteiger partial charge in [0.15, 0.2) is 0 Å². The van der Waals surface area contributed by atoms with Crippen LogP contribution in [0.25, 0.3) is 28.1 Å². The van der Waals surface area contributed by atoms with E-state index in [1.165, 1.54) is 6.33 Å². The molecule has 1 N–H and O–H groups in total. The second-order valence-electron chi connectivity index (χ2n) is 7.41.